The Labute approximate surface area is 198 Å². The molecule has 178 valence electrons. The number of benzene rings is 1. The van der Waals surface area contributed by atoms with Crippen LogP contribution in [0.25, 0.3) is 0 Å². The second-order valence-electron chi connectivity index (χ2n) is 8.49. The van der Waals surface area contributed by atoms with Crippen molar-refractivity contribution in [3.05, 3.63) is 82.1 Å². The number of rotatable bonds is 6. The van der Waals surface area contributed by atoms with Crippen LogP contribution in [0.5, 0.6) is 0 Å². The number of hydrogen-bond donors (Lipinski definition) is 1. The molecule has 0 amide bonds. The Bertz CT molecular complexity index is 1170. The van der Waals surface area contributed by atoms with Gasteiger partial charge in [-0.05, 0) is 57.4 Å². The molecule has 0 unspecified atom stereocenters. The van der Waals surface area contributed by atoms with Gasteiger partial charge in [-0.1, -0.05) is 24.3 Å². The molecule has 7 heteroatoms. The zero-order valence-corrected chi connectivity index (χ0v) is 19.8. The summed E-state index contributed by atoms with van der Waals surface area (Å²) >= 11 is 0. The molecule has 1 N–H and O–H groups in total. The number of carbonyl (C=O) groups excluding carboxylic acids is 3. The van der Waals surface area contributed by atoms with Crippen LogP contribution < -0.4 is 5.32 Å². The Kier molecular flexibility index (Phi) is 6.72. The van der Waals surface area contributed by atoms with Crippen molar-refractivity contribution in [3.8, 4) is 0 Å². The second-order valence-corrected chi connectivity index (χ2v) is 8.49. The molecule has 1 aliphatic heterocycles. The Balaban J connectivity index is 1.90. The van der Waals surface area contributed by atoms with Crippen LogP contribution >= 0.6 is 0 Å². The molecule has 1 aromatic heterocycles. The maximum atomic E-state index is 14.1. The number of aryl methyl sites for hydroxylation is 1. The molecule has 4 rings (SSSR count). The number of esters is 2. The summed E-state index contributed by atoms with van der Waals surface area (Å²) in [5, 5.41) is 3.28. The molecular formula is C27H29NO6. The fourth-order valence-corrected chi connectivity index (χ4v) is 5.01. The van der Waals surface area contributed by atoms with Gasteiger partial charge in [0.1, 0.15) is 11.7 Å². The minimum Gasteiger partial charge on any atom is -0.469 e. The van der Waals surface area contributed by atoms with Crippen molar-refractivity contribution < 1.29 is 28.3 Å². The highest BCUT2D eigenvalue weighted by Crippen LogP contribution is 2.48. The van der Waals surface area contributed by atoms with E-state index >= 15 is 0 Å². The lowest BCUT2D eigenvalue weighted by atomic mass is 9.67. The Morgan fingerprint density at radius 2 is 1.79 bits per heavy atom. The fourth-order valence-electron chi connectivity index (χ4n) is 5.01. The quantitative estimate of drug-likeness (QED) is 0.504. The molecule has 1 aliphatic carbocycles. The molecule has 2 aliphatic rings. The van der Waals surface area contributed by atoms with E-state index in [9.17, 15) is 14.4 Å². The first-order chi connectivity index (χ1) is 16.4. The number of dihydropyridines is 1. The monoisotopic (exact) mass is 463 g/mol. The van der Waals surface area contributed by atoms with Gasteiger partial charge in [0.05, 0.1) is 25.1 Å². The van der Waals surface area contributed by atoms with Crippen molar-refractivity contribution in [2.45, 2.75) is 46.0 Å². The van der Waals surface area contributed by atoms with Gasteiger partial charge in [0.2, 0.25) is 0 Å². The summed E-state index contributed by atoms with van der Waals surface area (Å²) in [6.07, 6.45) is 1.90. The number of nitrogens with one attached hydrogen (secondary N) is 1. The third kappa shape index (κ3) is 4.06. The van der Waals surface area contributed by atoms with Crippen molar-refractivity contribution in [2.24, 2.45) is 5.92 Å². The van der Waals surface area contributed by atoms with E-state index in [1.165, 1.54) is 6.26 Å². The standard InChI is InChI=1S/C27H29NO6/c1-5-32-26(30)21-16(4)28-19-14-18(20-12-9-13-34-20)23(27(31)33-6-2)25(29)24(19)22(21)17-11-8-7-10-15(17)3/h7-13,18,22-23,28H,5-6,14H2,1-4H3/t18-,22-,23-/m1/s1. The molecule has 3 atom stereocenters. The van der Waals surface area contributed by atoms with E-state index in [1.54, 1.807) is 26.0 Å². The molecule has 0 radical (unpaired) electrons. The maximum Gasteiger partial charge on any atom is 0.336 e. The van der Waals surface area contributed by atoms with Gasteiger partial charge in [0.15, 0.2) is 5.78 Å². The third-order valence-electron chi connectivity index (χ3n) is 6.46. The number of Topliss-reactive ketones (excluding diaryl/α,β-unsaturated/α-hetero) is 1. The molecule has 34 heavy (non-hydrogen) atoms. The molecule has 2 heterocycles. The minimum atomic E-state index is -1.07. The summed E-state index contributed by atoms with van der Waals surface area (Å²) in [7, 11) is 0. The normalized spacial score (nSPS) is 22.2. The number of ether oxygens (including phenoxy) is 2. The van der Waals surface area contributed by atoms with Crippen molar-refractivity contribution in [1.29, 1.82) is 0 Å². The van der Waals surface area contributed by atoms with E-state index in [0.29, 0.717) is 34.7 Å². The highest BCUT2D eigenvalue weighted by atomic mass is 16.5. The highest BCUT2D eigenvalue weighted by molar-refractivity contribution is 6.13. The molecule has 0 fully saturated rings. The Hall–Kier alpha value is -3.61. The average molecular weight is 464 g/mol. The first-order valence-corrected chi connectivity index (χ1v) is 11.6. The molecule has 2 aromatic rings. The van der Waals surface area contributed by atoms with Crippen LogP contribution in [0, 0.1) is 12.8 Å². The van der Waals surface area contributed by atoms with Crippen LogP contribution in [0.4, 0.5) is 0 Å². The van der Waals surface area contributed by atoms with E-state index in [1.807, 2.05) is 38.1 Å². The molecule has 1 aromatic carbocycles. The zero-order chi connectivity index (χ0) is 24.4. The molecule has 0 saturated heterocycles. The van der Waals surface area contributed by atoms with Crippen LogP contribution in [0.3, 0.4) is 0 Å². The van der Waals surface area contributed by atoms with E-state index in [0.717, 1.165) is 11.1 Å². The lowest BCUT2D eigenvalue weighted by Crippen LogP contribution is -2.43. The van der Waals surface area contributed by atoms with Gasteiger partial charge >= 0.3 is 11.9 Å². The molecular weight excluding hydrogens is 434 g/mol. The predicted octanol–water partition coefficient (Wildman–Crippen LogP) is 4.30. The first kappa shape index (κ1) is 23.5. The van der Waals surface area contributed by atoms with E-state index in [-0.39, 0.29) is 19.0 Å². The summed E-state index contributed by atoms with van der Waals surface area (Å²) in [5.74, 6) is -3.13. The van der Waals surface area contributed by atoms with Crippen LogP contribution in [-0.2, 0) is 23.9 Å². The van der Waals surface area contributed by atoms with Gasteiger partial charge in [0.25, 0.3) is 0 Å². The van der Waals surface area contributed by atoms with Crippen molar-refractivity contribution in [1.82, 2.24) is 5.32 Å². The number of allylic oxidation sites excluding steroid dienone is 3. The molecule has 0 saturated carbocycles. The topological polar surface area (TPSA) is 94.8 Å². The lowest BCUT2D eigenvalue weighted by Gasteiger charge is -2.39. The fraction of sp³-hybridized carbons (Fsp3) is 0.370. The summed E-state index contributed by atoms with van der Waals surface area (Å²) in [4.78, 5) is 40.2. The largest absolute Gasteiger partial charge is 0.469 e. The maximum absolute atomic E-state index is 14.1. The second kappa shape index (κ2) is 9.71. The van der Waals surface area contributed by atoms with Crippen LogP contribution in [0.1, 0.15) is 55.9 Å². The van der Waals surface area contributed by atoms with Crippen LogP contribution in [-0.4, -0.2) is 30.9 Å². The van der Waals surface area contributed by atoms with Crippen molar-refractivity contribution in [2.75, 3.05) is 13.2 Å². The average Bonchev–Trinajstić information content (AvgIpc) is 3.33. The number of carbonyl (C=O) groups is 3. The van der Waals surface area contributed by atoms with Gasteiger partial charge in [-0.25, -0.2) is 4.79 Å². The first-order valence-electron chi connectivity index (χ1n) is 11.6. The zero-order valence-electron chi connectivity index (χ0n) is 19.8. The smallest absolute Gasteiger partial charge is 0.336 e. The Morgan fingerprint density at radius 3 is 2.44 bits per heavy atom. The summed E-state index contributed by atoms with van der Waals surface area (Å²) in [6.45, 7) is 7.58. The third-order valence-corrected chi connectivity index (χ3v) is 6.46. The number of hydrogen-bond acceptors (Lipinski definition) is 7. The Morgan fingerprint density at radius 1 is 1.06 bits per heavy atom. The molecule has 0 bridgehead atoms. The van der Waals surface area contributed by atoms with Crippen molar-refractivity contribution >= 4 is 17.7 Å². The lowest BCUT2D eigenvalue weighted by molar-refractivity contribution is -0.152. The highest BCUT2D eigenvalue weighted by Gasteiger charge is 2.50. The van der Waals surface area contributed by atoms with Crippen LogP contribution in [0.2, 0.25) is 0 Å². The molecule has 0 spiro atoms. The number of furan rings is 1. The summed E-state index contributed by atoms with van der Waals surface area (Å²) in [5.41, 5.74) is 3.86. The van der Waals surface area contributed by atoms with E-state index < -0.39 is 29.7 Å². The molecule has 7 nitrogen and oxygen atoms in total. The van der Waals surface area contributed by atoms with E-state index in [2.05, 4.69) is 5.32 Å². The van der Waals surface area contributed by atoms with Gasteiger partial charge in [0, 0.05) is 28.8 Å². The van der Waals surface area contributed by atoms with Gasteiger partial charge in [-0.2, -0.15) is 0 Å². The van der Waals surface area contributed by atoms with Crippen LogP contribution in [0.15, 0.2) is 69.6 Å². The summed E-state index contributed by atoms with van der Waals surface area (Å²) < 4.78 is 16.3. The van der Waals surface area contributed by atoms with Crippen molar-refractivity contribution in [3.63, 3.8) is 0 Å². The summed E-state index contributed by atoms with van der Waals surface area (Å²) in [6, 6.07) is 11.1. The minimum absolute atomic E-state index is 0.159. The van der Waals surface area contributed by atoms with Gasteiger partial charge in [-0.3, -0.25) is 9.59 Å². The van der Waals surface area contributed by atoms with Gasteiger partial charge < -0.3 is 19.2 Å². The van der Waals surface area contributed by atoms with Gasteiger partial charge in [-0.15, -0.1) is 0 Å². The predicted molar refractivity (Wildman–Crippen MR) is 125 cm³/mol. The number of ketones is 1. The SMILES string of the molecule is CCOC(=O)C1=C(C)NC2=C(C(=O)[C@H](C(=O)OCC)[C@@H](c3ccco3)C2)[C@@H]1c1ccccc1C. The van der Waals surface area contributed by atoms with E-state index in [4.69, 9.17) is 13.9 Å².